The highest BCUT2D eigenvalue weighted by Crippen LogP contribution is 2.44. The normalized spacial score (nSPS) is 14.1. The number of hydrogen-bond acceptors (Lipinski definition) is 6. The second-order valence-electron chi connectivity index (χ2n) is 7.83. The first kappa shape index (κ1) is 22.3. The molecule has 33 heavy (non-hydrogen) atoms. The number of anilines is 1. The maximum absolute atomic E-state index is 12.3. The van der Waals surface area contributed by atoms with Crippen LogP contribution in [0.5, 0.6) is 0 Å². The third kappa shape index (κ3) is 4.39. The molecule has 4 rings (SSSR count). The van der Waals surface area contributed by atoms with E-state index in [-0.39, 0.29) is 35.9 Å². The van der Waals surface area contributed by atoms with E-state index in [0.29, 0.717) is 0 Å². The van der Waals surface area contributed by atoms with E-state index in [0.717, 1.165) is 22.3 Å². The van der Waals surface area contributed by atoms with Crippen molar-refractivity contribution >= 4 is 17.7 Å². The number of amides is 1. The number of ether oxygens (including phenoxy) is 1. The Labute approximate surface area is 190 Å². The Morgan fingerprint density at radius 2 is 1.55 bits per heavy atom. The van der Waals surface area contributed by atoms with Gasteiger partial charge in [0, 0.05) is 23.7 Å². The van der Waals surface area contributed by atoms with Gasteiger partial charge in [0.25, 0.3) is 0 Å². The van der Waals surface area contributed by atoms with Crippen LogP contribution < -0.4 is 11.1 Å². The van der Waals surface area contributed by atoms with Gasteiger partial charge < -0.3 is 31.1 Å². The second kappa shape index (κ2) is 9.32. The van der Waals surface area contributed by atoms with Crippen LogP contribution in [0.4, 0.5) is 10.5 Å². The lowest BCUT2D eigenvalue weighted by atomic mass is 9.96. The smallest absolute Gasteiger partial charge is 0.407 e. The number of aliphatic hydroxyl groups excluding tert-OH is 2. The molecule has 1 amide bonds. The summed E-state index contributed by atoms with van der Waals surface area (Å²) in [6.07, 6.45) is -3.86. The summed E-state index contributed by atoms with van der Waals surface area (Å²) in [6.45, 7) is -0.251. The van der Waals surface area contributed by atoms with Crippen LogP contribution in [-0.4, -0.2) is 46.6 Å². The molecule has 3 aromatic rings. The lowest BCUT2D eigenvalue weighted by Gasteiger charge is -2.22. The summed E-state index contributed by atoms with van der Waals surface area (Å²) in [5, 5.41) is 32.5. The Hall–Kier alpha value is -3.88. The van der Waals surface area contributed by atoms with Crippen molar-refractivity contribution in [2.75, 3.05) is 18.9 Å². The van der Waals surface area contributed by atoms with Gasteiger partial charge >= 0.3 is 12.1 Å². The number of carbonyl (C=O) groups excluding carboxylic acids is 1. The van der Waals surface area contributed by atoms with Crippen LogP contribution in [0.1, 0.15) is 39.1 Å². The third-order valence-corrected chi connectivity index (χ3v) is 5.83. The third-order valence-electron chi connectivity index (χ3n) is 5.83. The number of carboxylic acids is 1. The van der Waals surface area contributed by atoms with Crippen LogP contribution in [-0.2, 0) is 4.74 Å². The number of hydrogen-bond donors (Lipinski definition) is 5. The molecule has 0 fully saturated rings. The van der Waals surface area contributed by atoms with Gasteiger partial charge in [-0.3, -0.25) is 0 Å². The van der Waals surface area contributed by atoms with Gasteiger partial charge in [-0.15, -0.1) is 0 Å². The molecule has 8 nitrogen and oxygen atoms in total. The highest BCUT2D eigenvalue weighted by atomic mass is 16.5. The molecular formula is C25H24N2O6. The van der Waals surface area contributed by atoms with Crippen molar-refractivity contribution in [1.82, 2.24) is 5.32 Å². The SMILES string of the molecule is Nc1cccc(C(=O)O)c1C(O)C(O)CNC(=O)OCC1c2ccccc2-c2ccccc21. The first-order valence-corrected chi connectivity index (χ1v) is 10.4. The van der Waals surface area contributed by atoms with Gasteiger partial charge in [0.05, 0.1) is 5.56 Å². The Bertz CT molecular complexity index is 1150. The zero-order valence-electron chi connectivity index (χ0n) is 17.6. The Morgan fingerprint density at radius 3 is 2.15 bits per heavy atom. The van der Waals surface area contributed by atoms with E-state index in [1.807, 2.05) is 48.5 Å². The van der Waals surface area contributed by atoms with E-state index >= 15 is 0 Å². The highest BCUT2D eigenvalue weighted by Gasteiger charge is 2.30. The van der Waals surface area contributed by atoms with E-state index in [1.165, 1.54) is 18.2 Å². The average molecular weight is 448 g/mol. The molecule has 0 heterocycles. The van der Waals surface area contributed by atoms with E-state index in [1.54, 1.807) is 0 Å². The van der Waals surface area contributed by atoms with E-state index < -0.39 is 24.3 Å². The lowest BCUT2D eigenvalue weighted by Crippen LogP contribution is -2.37. The minimum atomic E-state index is -1.61. The average Bonchev–Trinajstić information content (AvgIpc) is 3.14. The number of nitrogens with one attached hydrogen (secondary N) is 1. The number of carbonyl (C=O) groups is 2. The lowest BCUT2D eigenvalue weighted by molar-refractivity contribution is 0.0179. The Kier molecular flexibility index (Phi) is 6.30. The van der Waals surface area contributed by atoms with Crippen LogP contribution in [0.2, 0.25) is 0 Å². The van der Waals surface area contributed by atoms with Crippen LogP contribution in [0.3, 0.4) is 0 Å². The number of benzene rings is 3. The topological polar surface area (TPSA) is 142 Å². The summed E-state index contributed by atoms with van der Waals surface area (Å²) in [7, 11) is 0. The van der Waals surface area contributed by atoms with Crippen molar-refractivity contribution in [1.29, 1.82) is 0 Å². The minimum Gasteiger partial charge on any atom is -0.478 e. The van der Waals surface area contributed by atoms with E-state index in [4.69, 9.17) is 10.5 Å². The molecule has 0 spiro atoms. The summed E-state index contributed by atoms with van der Waals surface area (Å²) in [6, 6.07) is 20.0. The summed E-state index contributed by atoms with van der Waals surface area (Å²) < 4.78 is 5.40. The monoisotopic (exact) mass is 448 g/mol. The molecule has 0 saturated heterocycles. The number of aromatic carboxylic acids is 1. The first-order chi connectivity index (χ1) is 15.9. The number of alkyl carbamates (subject to hydrolysis) is 1. The summed E-state index contributed by atoms with van der Waals surface area (Å²) in [4.78, 5) is 23.7. The molecule has 0 radical (unpaired) electrons. The van der Waals surface area contributed by atoms with E-state index in [2.05, 4.69) is 5.32 Å². The van der Waals surface area contributed by atoms with Gasteiger partial charge in [-0.1, -0.05) is 54.6 Å². The van der Waals surface area contributed by atoms with Crippen LogP contribution in [0.15, 0.2) is 66.7 Å². The predicted molar refractivity (Wildman–Crippen MR) is 122 cm³/mol. The standard InChI is InChI=1S/C25H24N2O6/c26-20-11-5-10-18(24(30)31)22(20)23(29)21(28)12-27-25(32)33-13-19-16-8-3-1-6-14(16)15-7-2-4-9-17(15)19/h1-11,19,21,23,28-29H,12-13,26H2,(H,27,32)(H,30,31). The molecule has 2 atom stereocenters. The van der Waals surface area contributed by atoms with Crippen molar-refractivity contribution in [3.63, 3.8) is 0 Å². The molecule has 170 valence electrons. The molecule has 0 bridgehead atoms. The van der Waals surface area contributed by atoms with Crippen LogP contribution in [0.25, 0.3) is 11.1 Å². The number of nitrogens with two attached hydrogens (primary N) is 1. The molecule has 1 aliphatic carbocycles. The van der Waals surface area contributed by atoms with Crippen LogP contribution in [0, 0.1) is 0 Å². The van der Waals surface area contributed by atoms with Gasteiger partial charge in [0.15, 0.2) is 0 Å². The number of carboxylic acid groups (broad SMARTS) is 1. The fraction of sp³-hybridized carbons (Fsp3) is 0.200. The van der Waals surface area contributed by atoms with Crippen molar-refractivity contribution in [3.05, 3.63) is 89.0 Å². The summed E-state index contributed by atoms with van der Waals surface area (Å²) in [5.74, 6) is -1.39. The number of rotatable bonds is 7. The maximum Gasteiger partial charge on any atom is 0.407 e. The van der Waals surface area contributed by atoms with Crippen molar-refractivity contribution < 1.29 is 29.6 Å². The largest absolute Gasteiger partial charge is 0.478 e. The Balaban J connectivity index is 1.38. The van der Waals surface area contributed by atoms with Gasteiger partial charge in [0.1, 0.15) is 18.8 Å². The Morgan fingerprint density at radius 1 is 0.939 bits per heavy atom. The molecule has 6 N–H and O–H groups in total. The number of nitrogen functional groups attached to an aromatic ring is 1. The predicted octanol–water partition coefficient (Wildman–Crippen LogP) is 2.90. The molecule has 0 saturated carbocycles. The first-order valence-electron chi connectivity index (χ1n) is 10.4. The van der Waals surface area contributed by atoms with Crippen molar-refractivity contribution in [3.8, 4) is 11.1 Å². The fourth-order valence-corrected chi connectivity index (χ4v) is 4.24. The second-order valence-corrected chi connectivity index (χ2v) is 7.83. The zero-order valence-corrected chi connectivity index (χ0v) is 17.6. The van der Waals surface area contributed by atoms with Crippen molar-refractivity contribution in [2.45, 2.75) is 18.1 Å². The molecule has 1 aliphatic rings. The molecular weight excluding hydrogens is 424 g/mol. The summed E-state index contributed by atoms with van der Waals surface area (Å²) in [5.41, 5.74) is 9.87. The molecule has 0 aromatic heterocycles. The highest BCUT2D eigenvalue weighted by molar-refractivity contribution is 5.91. The number of fused-ring (bicyclic) bond motifs is 3. The van der Waals surface area contributed by atoms with Crippen molar-refractivity contribution in [2.24, 2.45) is 0 Å². The summed E-state index contributed by atoms with van der Waals surface area (Å²) >= 11 is 0. The fourth-order valence-electron chi connectivity index (χ4n) is 4.24. The van der Waals surface area contributed by atoms with Gasteiger partial charge in [-0.2, -0.15) is 0 Å². The zero-order chi connectivity index (χ0) is 23.5. The maximum atomic E-state index is 12.3. The van der Waals surface area contributed by atoms with Crippen LogP contribution >= 0.6 is 0 Å². The number of aliphatic hydroxyl groups is 2. The van der Waals surface area contributed by atoms with Gasteiger partial charge in [-0.05, 0) is 34.4 Å². The molecule has 0 aliphatic heterocycles. The van der Waals surface area contributed by atoms with Gasteiger partial charge in [0.2, 0.25) is 0 Å². The molecule has 2 unspecified atom stereocenters. The quantitative estimate of drug-likeness (QED) is 0.350. The molecule has 3 aromatic carbocycles. The van der Waals surface area contributed by atoms with Gasteiger partial charge in [-0.25, -0.2) is 9.59 Å². The van der Waals surface area contributed by atoms with E-state index in [9.17, 15) is 24.9 Å². The molecule has 8 heteroatoms. The minimum absolute atomic E-state index is 0.0302.